The van der Waals surface area contributed by atoms with Gasteiger partial charge in [0.25, 0.3) is 0 Å². The third-order valence-electron chi connectivity index (χ3n) is 4.65. The Labute approximate surface area is 163 Å². The number of piperidine rings is 1. The van der Waals surface area contributed by atoms with Gasteiger partial charge in [0.1, 0.15) is 0 Å². The number of hydrogen-bond acceptors (Lipinski definition) is 6. The number of nitrogens with one attached hydrogen (secondary N) is 1. The standard InChI is InChI=1S/C19H23ClN4O3/c1-26-15-6-5-13(10-16(15)27-2)11-21-19(25)14-4-3-9-24(12-14)18-8-7-17(20)22-23-18/h5-8,10,14H,3-4,9,11-12H2,1-2H3,(H,21,25)/t14-/m0/s1. The molecule has 1 saturated heterocycles. The van der Waals surface area contributed by atoms with E-state index in [1.807, 2.05) is 24.3 Å². The van der Waals surface area contributed by atoms with Crippen molar-refractivity contribution in [3.05, 3.63) is 41.0 Å². The van der Waals surface area contributed by atoms with Gasteiger partial charge in [0, 0.05) is 19.6 Å². The molecule has 1 amide bonds. The third kappa shape index (κ3) is 4.80. The van der Waals surface area contributed by atoms with E-state index in [2.05, 4.69) is 20.4 Å². The number of methoxy groups -OCH3 is 2. The minimum atomic E-state index is -0.0867. The number of anilines is 1. The number of amides is 1. The molecular weight excluding hydrogens is 368 g/mol. The molecule has 1 fully saturated rings. The molecule has 2 heterocycles. The molecular formula is C19H23ClN4O3. The van der Waals surface area contributed by atoms with Crippen LogP contribution in [0.2, 0.25) is 5.15 Å². The van der Waals surface area contributed by atoms with Crippen molar-refractivity contribution in [2.24, 2.45) is 5.92 Å². The molecule has 0 unspecified atom stereocenters. The van der Waals surface area contributed by atoms with Crippen LogP contribution in [-0.4, -0.2) is 43.4 Å². The van der Waals surface area contributed by atoms with Crippen LogP contribution in [-0.2, 0) is 11.3 Å². The van der Waals surface area contributed by atoms with Crippen molar-refractivity contribution in [3.8, 4) is 11.5 Å². The minimum absolute atomic E-state index is 0.0383. The molecule has 7 nitrogen and oxygen atoms in total. The number of nitrogens with zero attached hydrogens (tertiary/aromatic N) is 3. The molecule has 0 radical (unpaired) electrons. The summed E-state index contributed by atoms with van der Waals surface area (Å²) in [6.45, 7) is 1.92. The largest absolute Gasteiger partial charge is 0.493 e. The Morgan fingerprint density at radius 3 is 2.74 bits per heavy atom. The number of ether oxygens (including phenoxy) is 2. The first-order chi connectivity index (χ1) is 13.1. The molecule has 3 rings (SSSR count). The summed E-state index contributed by atoms with van der Waals surface area (Å²) >= 11 is 5.80. The van der Waals surface area contributed by atoms with Gasteiger partial charge in [-0.1, -0.05) is 17.7 Å². The fourth-order valence-corrected chi connectivity index (χ4v) is 3.30. The van der Waals surface area contributed by atoms with E-state index in [1.165, 1.54) is 0 Å². The molecule has 1 atom stereocenters. The van der Waals surface area contributed by atoms with Crippen LogP contribution in [0.15, 0.2) is 30.3 Å². The summed E-state index contributed by atoms with van der Waals surface area (Å²) < 4.78 is 10.5. The summed E-state index contributed by atoms with van der Waals surface area (Å²) in [7, 11) is 3.19. The molecule has 27 heavy (non-hydrogen) atoms. The Kier molecular flexibility index (Phi) is 6.34. The topological polar surface area (TPSA) is 76.6 Å². The maximum atomic E-state index is 12.6. The molecule has 8 heteroatoms. The molecule has 1 aliphatic rings. The van der Waals surface area contributed by atoms with Crippen LogP contribution in [0.4, 0.5) is 5.82 Å². The van der Waals surface area contributed by atoms with E-state index in [0.717, 1.165) is 30.8 Å². The second-order valence-electron chi connectivity index (χ2n) is 6.41. The zero-order chi connectivity index (χ0) is 19.2. The zero-order valence-electron chi connectivity index (χ0n) is 15.4. The normalized spacial score (nSPS) is 16.7. The Balaban J connectivity index is 1.58. The second kappa shape index (κ2) is 8.90. The zero-order valence-corrected chi connectivity index (χ0v) is 16.2. The summed E-state index contributed by atoms with van der Waals surface area (Å²) in [4.78, 5) is 14.7. The first kappa shape index (κ1) is 19.2. The lowest BCUT2D eigenvalue weighted by molar-refractivity contribution is -0.125. The van der Waals surface area contributed by atoms with E-state index in [1.54, 1.807) is 20.3 Å². The summed E-state index contributed by atoms with van der Waals surface area (Å²) in [5, 5.41) is 11.4. The van der Waals surface area contributed by atoms with Crippen LogP contribution in [0.25, 0.3) is 0 Å². The van der Waals surface area contributed by atoms with Gasteiger partial charge in [0.15, 0.2) is 22.5 Å². The van der Waals surface area contributed by atoms with Crippen molar-refractivity contribution in [1.82, 2.24) is 15.5 Å². The van der Waals surface area contributed by atoms with Crippen LogP contribution in [0, 0.1) is 5.92 Å². The quantitative estimate of drug-likeness (QED) is 0.817. The summed E-state index contributed by atoms with van der Waals surface area (Å²) in [6.07, 6.45) is 1.79. The molecule has 0 saturated carbocycles. The Bertz CT molecular complexity index is 785. The number of rotatable bonds is 6. The van der Waals surface area contributed by atoms with Crippen molar-refractivity contribution in [2.45, 2.75) is 19.4 Å². The van der Waals surface area contributed by atoms with Gasteiger partial charge < -0.3 is 19.7 Å². The van der Waals surface area contributed by atoms with Gasteiger partial charge in [-0.2, -0.15) is 0 Å². The van der Waals surface area contributed by atoms with Gasteiger partial charge in [-0.05, 0) is 42.7 Å². The van der Waals surface area contributed by atoms with E-state index in [-0.39, 0.29) is 11.8 Å². The number of hydrogen-bond donors (Lipinski definition) is 1. The van der Waals surface area contributed by atoms with Crippen molar-refractivity contribution in [2.75, 3.05) is 32.2 Å². The lowest BCUT2D eigenvalue weighted by Crippen LogP contribution is -2.43. The van der Waals surface area contributed by atoms with Crippen LogP contribution in [0.3, 0.4) is 0 Å². The lowest BCUT2D eigenvalue weighted by Gasteiger charge is -2.32. The average molecular weight is 391 g/mol. The maximum absolute atomic E-state index is 12.6. The molecule has 1 aromatic heterocycles. The van der Waals surface area contributed by atoms with Gasteiger partial charge in [-0.3, -0.25) is 4.79 Å². The molecule has 1 aromatic carbocycles. The fourth-order valence-electron chi connectivity index (χ4n) is 3.20. The van der Waals surface area contributed by atoms with Crippen LogP contribution < -0.4 is 19.7 Å². The Morgan fingerprint density at radius 2 is 2.04 bits per heavy atom. The van der Waals surface area contributed by atoms with Crippen molar-refractivity contribution < 1.29 is 14.3 Å². The smallest absolute Gasteiger partial charge is 0.225 e. The molecule has 2 aromatic rings. The molecule has 144 valence electrons. The molecule has 1 aliphatic heterocycles. The first-order valence-electron chi connectivity index (χ1n) is 8.83. The van der Waals surface area contributed by atoms with Crippen molar-refractivity contribution >= 4 is 23.3 Å². The van der Waals surface area contributed by atoms with E-state index in [4.69, 9.17) is 21.1 Å². The van der Waals surface area contributed by atoms with E-state index < -0.39 is 0 Å². The number of carbonyl (C=O) groups is 1. The lowest BCUT2D eigenvalue weighted by atomic mass is 9.97. The highest BCUT2D eigenvalue weighted by atomic mass is 35.5. The van der Waals surface area contributed by atoms with E-state index >= 15 is 0 Å². The predicted octanol–water partition coefficient (Wildman–Crippen LogP) is 2.68. The van der Waals surface area contributed by atoms with Gasteiger partial charge in [-0.15, -0.1) is 10.2 Å². The minimum Gasteiger partial charge on any atom is -0.493 e. The van der Waals surface area contributed by atoms with Gasteiger partial charge in [0.2, 0.25) is 5.91 Å². The number of carbonyl (C=O) groups excluding carboxylic acids is 1. The monoisotopic (exact) mass is 390 g/mol. The Morgan fingerprint density at radius 1 is 1.22 bits per heavy atom. The number of halogens is 1. The van der Waals surface area contributed by atoms with Gasteiger partial charge >= 0.3 is 0 Å². The summed E-state index contributed by atoms with van der Waals surface area (Å²) in [5.41, 5.74) is 0.956. The van der Waals surface area contributed by atoms with Crippen molar-refractivity contribution in [1.29, 1.82) is 0 Å². The second-order valence-corrected chi connectivity index (χ2v) is 6.79. The van der Waals surface area contributed by atoms with Crippen LogP contribution >= 0.6 is 11.6 Å². The summed E-state index contributed by atoms with van der Waals surface area (Å²) in [5.74, 6) is 2.01. The summed E-state index contributed by atoms with van der Waals surface area (Å²) in [6, 6.07) is 9.17. The Hall–Kier alpha value is -2.54. The van der Waals surface area contributed by atoms with Gasteiger partial charge in [0.05, 0.1) is 20.1 Å². The highest BCUT2D eigenvalue weighted by Crippen LogP contribution is 2.27. The maximum Gasteiger partial charge on any atom is 0.225 e. The predicted molar refractivity (Wildman–Crippen MR) is 103 cm³/mol. The highest BCUT2D eigenvalue weighted by Gasteiger charge is 2.26. The number of benzene rings is 1. The van der Waals surface area contributed by atoms with E-state index in [9.17, 15) is 4.79 Å². The average Bonchev–Trinajstić information content (AvgIpc) is 2.72. The van der Waals surface area contributed by atoms with Crippen LogP contribution in [0.5, 0.6) is 11.5 Å². The fraction of sp³-hybridized carbons (Fsp3) is 0.421. The molecule has 0 bridgehead atoms. The third-order valence-corrected chi connectivity index (χ3v) is 4.85. The number of aromatic nitrogens is 2. The SMILES string of the molecule is COc1ccc(CNC(=O)[C@H]2CCCN(c3ccc(Cl)nn3)C2)cc1OC. The first-order valence-corrected chi connectivity index (χ1v) is 9.21. The van der Waals surface area contributed by atoms with E-state index in [0.29, 0.717) is 29.7 Å². The van der Waals surface area contributed by atoms with Crippen LogP contribution in [0.1, 0.15) is 18.4 Å². The molecule has 1 N–H and O–H groups in total. The highest BCUT2D eigenvalue weighted by molar-refractivity contribution is 6.29. The van der Waals surface area contributed by atoms with Gasteiger partial charge in [-0.25, -0.2) is 0 Å². The van der Waals surface area contributed by atoms with Crippen molar-refractivity contribution in [3.63, 3.8) is 0 Å². The molecule has 0 spiro atoms. The molecule has 0 aliphatic carbocycles.